The fourth-order valence-corrected chi connectivity index (χ4v) is 1.96. The predicted molar refractivity (Wildman–Crippen MR) is 85.0 cm³/mol. The Kier molecular flexibility index (Phi) is 6.78. The summed E-state index contributed by atoms with van der Waals surface area (Å²) in [6.07, 6.45) is -0.412. The first-order chi connectivity index (χ1) is 9.69. The van der Waals surface area contributed by atoms with Gasteiger partial charge in [-0.15, -0.1) is 0 Å². The fourth-order valence-electron chi connectivity index (χ4n) is 1.62. The topological polar surface area (TPSA) is 58.6 Å². The van der Waals surface area contributed by atoms with E-state index >= 15 is 0 Å². The van der Waals surface area contributed by atoms with Crippen molar-refractivity contribution in [1.29, 1.82) is 0 Å². The third-order valence-corrected chi connectivity index (χ3v) is 3.37. The summed E-state index contributed by atoms with van der Waals surface area (Å²) in [7, 11) is 0. The van der Waals surface area contributed by atoms with Gasteiger partial charge in [-0.25, -0.2) is 0 Å². The molecule has 1 rings (SSSR count). The van der Waals surface area contributed by atoms with Crippen LogP contribution in [0, 0.1) is 5.41 Å². The summed E-state index contributed by atoms with van der Waals surface area (Å²) < 4.78 is 5.39. The summed E-state index contributed by atoms with van der Waals surface area (Å²) in [4.78, 5) is 11.6. The number of carbonyl (C=O) groups is 1. The van der Waals surface area contributed by atoms with E-state index < -0.39 is 6.10 Å². The Morgan fingerprint density at radius 3 is 2.67 bits per heavy atom. The fraction of sp³-hybridized carbons (Fsp3) is 0.533. The van der Waals surface area contributed by atoms with Crippen molar-refractivity contribution in [2.75, 3.05) is 13.2 Å². The molecule has 0 bridgehead atoms. The number of amides is 1. The number of ether oxygens (including phenoxy) is 1. The largest absolute Gasteiger partial charge is 0.489 e. The molecule has 1 unspecified atom stereocenters. The van der Waals surface area contributed by atoms with Crippen molar-refractivity contribution in [1.82, 2.24) is 5.32 Å². The van der Waals surface area contributed by atoms with Gasteiger partial charge < -0.3 is 15.2 Å². The number of carbonyl (C=O) groups excluding carboxylic acids is 1. The Bertz CT molecular complexity index is 486. The Morgan fingerprint density at radius 1 is 1.38 bits per heavy atom. The van der Waals surface area contributed by atoms with Crippen LogP contribution in [0.15, 0.2) is 18.2 Å². The minimum Gasteiger partial charge on any atom is -0.489 e. The number of halogens is 2. The van der Waals surface area contributed by atoms with E-state index in [9.17, 15) is 9.90 Å². The van der Waals surface area contributed by atoms with Crippen LogP contribution in [0.5, 0.6) is 5.75 Å². The summed E-state index contributed by atoms with van der Waals surface area (Å²) in [5, 5.41) is 13.2. The molecule has 1 aromatic rings. The molecule has 2 N–H and O–H groups in total. The third-order valence-electron chi connectivity index (χ3n) is 2.57. The number of rotatable bonds is 6. The molecular weight excluding hydrogens is 313 g/mol. The van der Waals surface area contributed by atoms with Gasteiger partial charge in [0.15, 0.2) is 0 Å². The normalized spacial score (nSPS) is 12.9. The number of hydrogen-bond donors (Lipinski definition) is 2. The van der Waals surface area contributed by atoms with E-state index in [1.165, 1.54) is 0 Å². The van der Waals surface area contributed by atoms with Crippen LogP contribution in [0.2, 0.25) is 10.0 Å². The first kappa shape index (κ1) is 18.1. The van der Waals surface area contributed by atoms with Gasteiger partial charge in [-0.3, -0.25) is 4.79 Å². The number of aliphatic hydroxyl groups excluding tert-OH is 1. The standard InChI is InChI=1S/C15H21Cl2NO3/c1-15(2,3)7-13(20)18-8-10(19)9-21-12-6-4-5-11(16)14(12)17/h4-6,10,19H,7-9H2,1-3H3,(H,18,20). The van der Waals surface area contributed by atoms with E-state index in [0.717, 1.165) is 0 Å². The Morgan fingerprint density at radius 2 is 2.05 bits per heavy atom. The highest BCUT2D eigenvalue weighted by Gasteiger charge is 2.17. The molecule has 0 fully saturated rings. The van der Waals surface area contributed by atoms with Crippen molar-refractivity contribution >= 4 is 29.1 Å². The van der Waals surface area contributed by atoms with E-state index in [1.54, 1.807) is 18.2 Å². The summed E-state index contributed by atoms with van der Waals surface area (Å²) in [5.74, 6) is 0.312. The van der Waals surface area contributed by atoms with Crippen LogP contribution >= 0.6 is 23.2 Å². The lowest BCUT2D eigenvalue weighted by atomic mass is 9.92. The van der Waals surface area contributed by atoms with Gasteiger partial charge in [0.25, 0.3) is 0 Å². The van der Waals surface area contributed by atoms with E-state index in [1.807, 2.05) is 20.8 Å². The van der Waals surface area contributed by atoms with Gasteiger partial charge in [0.1, 0.15) is 23.5 Å². The Balaban J connectivity index is 2.36. The zero-order valence-corrected chi connectivity index (χ0v) is 14.0. The van der Waals surface area contributed by atoms with E-state index in [-0.39, 0.29) is 24.5 Å². The molecule has 0 saturated heterocycles. The zero-order valence-electron chi connectivity index (χ0n) is 12.5. The van der Waals surface area contributed by atoms with Crippen LogP contribution < -0.4 is 10.1 Å². The maximum absolute atomic E-state index is 11.6. The number of aliphatic hydroxyl groups is 1. The molecule has 1 aromatic carbocycles. The molecule has 0 aromatic heterocycles. The molecule has 6 heteroatoms. The summed E-state index contributed by atoms with van der Waals surface area (Å²) >= 11 is 11.8. The van der Waals surface area contributed by atoms with Crippen molar-refractivity contribution in [2.24, 2.45) is 5.41 Å². The smallest absolute Gasteiger partial charge is 0.220 e. The number of hydrogen-bond acceptors (Lipinski definition) is 3. The van der Waals surface area contributed by atoms with Crippen molar-refractivity contribution in [2.45, 2.75) is 33.3 Å². The number of nitrogens with one attached hydrogen (secondary N) is 1. The molecule has 0 aliphatic heterocycles. The first-order valence-electron chi connectivity index (χ1n) is 6.70. The quantitative estimate of drug-likeness (QED) is 0.839. The second-order valence-electron chi connectivity index (χ2n) is 6.06. The van der Waals surface area contributed by atoms with Crippen LogP contribution in [0.25, 0.3) is 0 Å². The Labute approximate surface area is 135 Å². The van der Waals surface area contributed by atoms with Crippen molar-refractivity contribution < 1.29 is 14.6 Å². The van der Waals surface area contributed by atoms with Gasteiger partial charge in [0, 0.05) is 13.0 Å². The van der Waals surface area contributed by atoms with E-state index in [4.69, 9.17) is 27.9 Å². The molecule has 0 heterocycles. The second-order valence-corrected chi connectivity index (χ2v) is 6.84. The summed E-state index contributed by atoms with van der Waals surface area (Å²) in [5.41, 5.74) is -0.0835. The first-order valence-corrected chi connectivity index (χ1v) is 7.46. The molecule has 0 radical (unpaired) electrons. The lowest BCUT2D eigenvalue weighted by Crippen LogP contribution is -2.36. The van der Waals surface area contributed by atoms with Crippen LogP contribution in [0.1, 0.15) is 27.2 Å². The Hall–Kier alpha value is -0.970. The van der Waals surface area contributed by atoms with Gasteiger partial charge in [-0.1, -0.05) is 50.0 Å². The van der Waals surface area contributed by atoms with Crippen molar-refractivity contribution in [3.8, 4) is 5.75 Å². The molecule has 0 aliphatic carbocycles. The second kappa shape index (κ2) is 7.87. The van der Waals surface area contributed by atoms with Crippen LogP contribution in [-0.4, -0.2) is 30.3 Å². The zero-order chi connectivity index (χ0) is 16.0. The molecule has 118 valence electrons. The molecule has 21 heavy (non-hydrogen) atoms. The lowest BCUT2D eigenvalue weighted by Gasteiger charge is -2.19. The summed E-state index contributed by atoms with van der Waals surface area (Å²) in [6, 6.07) is 5.03. The van der Waals surface area contributed by atoms with Gasteiger partial charge in [0.2, 0.25) is 5.91 Å². The van der Waals surface area contributed by atoms with Crippen LogP contribution in [0.3, 0.4) is 0 Å². The minimum atomic E-state index is -0.816. The molecule has 0 spiro atoms. The highest BCUT2D eigenvalue weighted by atomic mass is 35.5. The highest BCUT2D eigenvalue weighted by molar-refractivity contribution is 6.42. The third kappa shape index (κ3) is 7.02. The lowest BCUT2D eigenvalue weighted by molar-refractivity contribution is -0.123. The predicted octanol–water partition coefficient (Wildman–Crippen LogP) is 3.29. The monoisotopic (exact) mass is 333 g/mol. The molecule has 0 saturated carbocycles. The van der Waals surface area contributed by atoms with Gasteiger partial charge in [0.05, 0.1) is 5.02 Å². The molecule has 1 atom stereocenters. The SMILES string of the molecule is CC(C)(C)CC(=O)NCC(O)COc1cccc(Cl)c1Cl. The molecule has 1 amide bonds. The van der Waals surface area contributed by atoms with E-state index in [2.05, 4.69) is 5.32 Å². The maximum Gasteiger partial charge on any atom is 0.220 e. The molecular formula is C15H21Cl2NO3. The van der Waals surface area contributed by atoms with Crippen LogP contribution in [-0.2, 0) is 4.79 Å². The number of benzene rings is 1. The maximum atomic E-state index is 11.6. The van der Waals surface area contributed by atoms with Gasteiger partial charge in [-0.2, -0.15) is 0 Å². The van der Waals surface area contributed by atoms with Gasteiger partial charge >= 0.3 is 0 Å². The highest BCUT2D eigenvalue weighted by Crippen LogP contribution is 2.31. The average Bonchev–Trinajstić information content (AvgIpc) is 2.36. The molecule has 0 aliphatic rings. The van der Waals surface area contributed by atoms with E-state index in [0.29, 0.717) is 22.2 Å². The average molecular weight is 334 g/mol. The molecule has 4 nitrogen and oxygen atoms in total. The van der Waals surface area contributed by atoms with Crippen molar-refractivity contribution in [3.63, 3.8) is 0 Å². The van der Waals surface area contributed by atoms with Crippen molar-refractivity contribution in [3.05, 3.63) is 28.2 Å². The minimum absolute atomic E-state index is 0.0237. The van der Waals surface area contributed by atoms with Gasteiger partial charge in [-0.05, 0) is 17.5 Å². The van der Waals surface area contributed by atoms with Crippen LogP contribution in [0.4, 0.5) is 0 Å². The summed E-state index contributed by atoms with van der Waals surface area (Å²) in [6.45, 7) is 6.09.